The highest BCUT2D eigenvalue weighted by Crippen LogP contribution is 2.38. The van der Waals surface area contributed by atoms with E-state index in [1.807, 2.05) is 46.8 Å². The first-order valence-corrected chi connectivity index (χ1v) is 14.9. The van der Waals surface area contributed by atoms with Gasteiger partial charge < -0.3 is 4.74 Å². The number of sulfone groups is 1. The molecule has 198 valence electrons. The van der Waals surface area contributed by atoms with Crippen LogP contribution in [0.5, 0.6) is 11.5 Å². The van der Waals surface area contributed by atoms with Gasteiger partial charge in [0.15, 0.2) is 0 Å². The molecule has 0 saturated carbocycles. The molecule has 0 bridgehead atoms. The molecule has 0 saturated heterocycles. The fourth-order valence-corrected chi connectivity index (χ4v) is 6.05. The summed E-state index contributed by atoms with van der Waals surface area (Å²) in [6.07, 6.45) is 0. The van der Waals surface area contributed by atoms with E-state index in [4.69, 9.17) is 4.74 Å². The number of rotatable bonds is 7. The average molecular weight is 551 g/mol. The van der Waals surface area contributed by atoms with E-state index >= 15 is 0 Å². The highest BCUT2D eigenvalue weighted by molar-refractivity contribution is 7.91. The second kappa shape index (κ2) is 10.0. The highest BCUT2D eigenvalue weighted by Gasteiger charge is 2.27. The molecule has 0 atom stereocenters. The molecule has 0 unspecified atom stereocenters. The number of hydrogen-bond donors (Lipinski definition) is 1. The molecule has 4 aromatic rings. The van der Waals surface area contributed by atoms with Crippen molar-refractivity contribution >= 4 is 20.0 Å². The standard InChI is InChI=1S/C30H30O6S2/c1-20-6-13-26(14-7-20)37(31,32)27-15-11-25(12-16-27)36-28-17-10-24(19-29(28)38(33,34)35)30(4,5)23-9-8-21(2)22(3)18-23/h6-19H,1-5H3,(H,33,34,35). The lowest BCUT2D eigenvalue weighted by molar-refractivity contribution is 0.448. The van der Waals surface area contributed by atoms with E-state index in [0.29, 0.717) is 5.56 Å². The average Bonchev–Trinajstić information content (AvgIpc) is 2.85. The first kappa shape index (κ1) is 27.6. The lowest BCUT2D eigenvalue weighted by Crippen LogP contribution is -2.20. The maximum absolute atomic E-state index is 12.9. The summed E-state index contributed by atoms with van der Waals surface area (Å²) in [5, 5.41) is 0. The summed E-state index contributed by atoms with van der Waals surface area (Å²) in [5.41, 5.74) is 4.36. The summed E-state index contributed by atoms with van der Waals surface area (Å²) in [7, 11) is -8.35. The van der Waals surface area contributed by atoms with Crippen LogP contribution in [0.4, 0.5) is 0 Å². The Morgan fingerprint density at radius 1 is 0.658 bits per heavy atom. The number of aryl methyl sites for hydroxylation is 3. The molecular formula is C30H30O6S2. The van der Waals surface area contributed by atoms with Crippen molar-refractivity contribution in [2.45, 2.75) is 54.7 Å². The molecule has 0 aliphatic rings. The second-order valence-electron chi connectivity index (χ2n) is 9.95. The third-order valence-corrected chi connectivity index (χ3v) is 9.53. The van der Waals surface area contributed by atoms with Gasteiger partial charge in [-0.2, -0.15) is 8.42 Å². The van der Waals surface area contributed by atoms with E-state index in [9.17, 15) is 21.4 Å². The Hall–Kier alpha value is -3.46. The van der Waals surface area contributed by atoms with Crippen LogP contribution in [0, 0.1) is 20.8 Å². The summed E-state index contributed by atoms with van der Waals surface area (Å²) in [6.45, 7) is 9.88. The predicted octanol–water partition coefficient (Wildman–Crippen LogP) is 6.81. The topological polar surface area (TPSA) is 97.7 Å². The number of hydrogen-bond acceptors (Lipinski definition) is 5. The van der Waals surface area contributed by atoms with Crippen LogP contribution in [0.1, 0.15) is 41.7 Å². The molecule has 1 N–H and O–H groups in total. The Balaban J connectivity index is 1.67. The molecule has 38 heavy (non-hydrogen) atoms. The van der Waals surface area contributed by atoms with Crippen LogP contribution in [0.2, 0.25) is 0 Å². The van der Waals surface area contributed by atoms with E-state index in [1.165, 1.54) is 36.4 Å². The molecule has 0 heterocycles. The van der Waals surface area contributed by atoms with Gasteiger partial charge in [-0.15, -0.1) is 0 Å². The van der Waals surface area contributed by atoms with Gasteiger partial charge in [0.2, 0.25) is 9.84 Å². The molecule has 0 radical (unpaired) electrons. The summed E-state index contributed by atoms with van der Waals surface area (Å²) in [5.74, 6) is 0.153. The zero-order chi connectivity index (χ0) is 27.9. The Labute approximate surface area is 224 Å². The molecule has 0 fully saturated rings. The third-order valence-electron chi connectivity index (χ3n) is 6.87. The molecule has 4 rings (SSSR count). The van der Waals surface area contributed by atoms with Gasteiger partial charge in [0.25, 0.3) is 10.1 Å². The molecule has 0 spiro atoms. The van der Waals surface area contributed by atoms with Crippen molar-refractivity contribution in [3.05, 3.63) is 113 Å². The van der Waals surface area contributed by atoms with Crippen molar-refractivity contribution in [2.75, 3.05) is 0 Å². The van der Waals surface area contributed by atoms with Gasteiger partial charge in [0.1, 0.15) is 16.4 Å². The van der Waals surface area contributed by atoms with E-state index < -0.39 is 25.4 Å². The van der Waals surface area contributed by atoms with Crippen molar-refractivity contribution in [1.82, 2.24) is 0 Å². The van der Waals surface area contributed by atoms with Crippen LogP contribution in [0.25, 0.3) is 0 Å². The van der Waals surface area contributed by atoms with Crippen molar-refractivity contribution < 1.29 is 26.1 Å². The molecule has 0 aromatic heterocycles. The van der Waals surface area contributed by atoms with Crippen molar-refractivity contribution in [3.63, 3.8) is 0 Å². The van der Waals surface area contributed by atoms with Gasteiger partial charge in [-0.3, -0.25) is 4.55 Å². The molecule has 8 heteroatoms. The van der Waals surface area contributed by atoms with E-state index in [0.717, 1.165) is 22.3 Å². The largest absolute Gasteiger partial charge is 0.456 e. The first-order valence-electron chi connectivity index (χ1n) is 12.0. The smallest absolute Gasteiger partial charge is 0.298 e. The summed E-state index contributed by atoms with van der Waals surface area (Å²) >= 11 is 0. The SMILES string of the molecule is Cc1ccc(S(=O)(=O)c2ccc(Oc3ccc(C(C)(C)c4ccc(C)c(C)c4)cc3S(=O)(=O)O)cc2)cc1. The van der Waals surface area contributed by atoms with Gasteiger partial charge in [-0.05, 0) is 91.6 Å². The van der Waals surface area contributed by atoms with Gasteiger partial charge in [0, 0.05) is 5.41 Å². The van der Waals surface area contributed by atoms with Gasteiger partial charge >= 0.3 is 0 Å². The van der Waals surface area contributed by atoms with Crippen LogP contribution in [0.15, 0.2) is 99.6 Å². The zero-order valence-corrected chi connectivity index (χ0v) is 23.5. The lowest BCUT2D eigenvalue weighted by Gasteiger charge is -2.27. The summed E-state index contributed by atoms with van der Waals surface area (Å²) in [6, 6.07) is 23.0. The van der Waals surface area contributed by atoms with Crippen LogP contribution in [-0.4, -0.2) is 21.4 Å². The van der Waals surface area contributed by atoms with E-state index in [1.54, 1.807) is 30.3 Å². The fraction of sp³-hybridized carbons (Fsp3) is 0.200. The quantitative estimate of drug-likeness (QED) is 0.254. The van der Waals surface area contributed by atoms with Gasteiger partial charge in [0.05, 0.1) is 9.79 Å². The molecule has 0 aliphatic heterocycles. The van der Waals surface area contributed by atoms with Crippen molar-refractivity contribution in [3.8, 4) is 11.5 Å². The fourth-order valence-electron chi connectivity index (χ4n) is 4.15. The molecular weight excluding hydrogens is 520 g/mol. The molecule has 0 amide bonds. The van der Waals surface area contributed by atoms with E-state index in [2.05, 4.69) is 6.07 Å². The van der Waals surface area contributed by atoms with Crippen LogP contribution in [-0.2, 0) is 25.4 Å². The first-order chi connectivity index (χ1) is 17.7. The maximum Gasteiger partial charge on any atom is 0.298 e. The highest BCUT2D eigenvalue weighted by atomic mass is 32.2. The normalized spacial score (nSPS) is 12.4. The Morgan fingerprint density at radius 2 is 1.18 bits per heavy atom. The predicted molar refractivity (Wildman–Crippen MR) is 147 cm³/mol. The lowest BCUT2D eigenvalue weighted by atomic mass is 9.77. The van der Waals surface area contributed by atoms with Crippen molar-refractivity contribution in [1.29, 1.82) is 0 Å². The van der Waals surface area contributed by atoms with Crippen LogP contribution >= 0.6 is 0 Å². The number of benzene rings is 4. The Bertz CT molecular complexity index is 1700. The summed E-state index contributed by atoms with van der Waals surface area (Å²) < 4.78 is 66.3. The second-order valence-corrected chi connectivity index (χ2v) is 13.3. The molecule has 6 nitrogen and oxygen atoms in total. The van der Waals surface area contributed by atoms with Crippen molar-refractivity contribution in [2.24, 2.45) is 0 Å². The van der Waals surface area contributed by atoms with Gasteiger partial charge in [-0.25, -0.2) is 8.42 Å². The minimum Gasteiger partial charge on any atom is -0.456 e. The molecule has 4 aromatic carbocycles. The maximum atomic E-state index is 12.9. The van der Waals surface area contributed by atoms with E-state index in [-0.39, 0.29) is 26.2 Å². The Morgan fingerprint density at radius 3 is 1.74 bits per heavy atom. The van der Waals surface area contributed by atoms with Gasteiger partial charge in [-0.1, -0.05) is 55.8 Å². The third kappa shape index (κ3) is 5.53. The van der Waals surface area contributed by atoms with Crippen LogP contribution in [0.3, 0.4) is 0 Å². The summed E-state index contributed by atoms with van der Waals surface area (Å²) in [4.78, 5) is -0.121. The molecule has 0 aliphatic carbocycles. The number of ether oxygens (including phenoxy) is 1. The van der Waals surface area contributed by atoms with Crippen LogP contribution < -0.4 is 4.74 Å². The zero-order valence-electron chi connectivity index (χ0n) is 21.9. The monoisotopic (exact) mass is 550 g/mol. The minimum atomic E-state index is -4.63. The minimum absolute atomic E-state index is 0.0683. The Kier molecular flexibility index (Phi) is 7.27.